The van der Waals surface area contributed by atoms with Gasteiger partial charge in [-0.15, -0.1) is 0 Å². The van der Waals surface area contributed by atoms with Crippen molar-refractivity contribution in [3.8, 4) is 0 Å². The van der Waals surface area contributed by atoms with Crippen molar-refractivity contribution in [2.45, 2.75) is 9.79 Å². The maximum Gasteiger partial charge on any atom is 0.151 e. The molecular weight excluding hydrogens is 232 g/mol. The first-order chi connectivity index (χ1) is 8.33. The highest BCUT2D eigenvalue weighted by Crippen LogP contribution is 2.29. The first kappa shape index (κ1) is 11.6. The van der Waals surface area contributed by atoms with Crippen LogP contribution in [-0.4, -0.2) is 12.6 Å². The van der Waals surface area contributed by atoms with Crippen LogP contribution in [0.2, 0.25) is 0 Å². The van der Waals surface area contributed by atoms with Crippen molar-refractivity contribution >= 4 is 24.3 Å². The van der Waals surface area contributed by atoms with Crippen LogP contribution in [0.3, 0.4) is 0 Å². The van der Waals surface area contributed by atoms with Gasteiger partial charge in [0.2, 0.25) is 0 Å². The van der Waals surface area contributed by atoms with Crippen molar-refractivity contribution in [1.82, 2.24) is 0 Å². The van der Waals surface area contributed by atoms with E-state index in [1.165, 1.54) is 11.8 Å². The van der Waals surface area contributed by atoms with Gasteiger partial charge in [-0.05, 0) is 18.2 Å². The molecule has 17 heavy (non-hydrogen) atoms. The zero-order valence-electron chi connectivity index (χ0n) is 9.00. The second kappa shape index (κ2) is 5.46. The minimum Gasteiger partial charge on any atom is -0.298 e. The highest BCUT2D eigenvalue weighted by molar-refractivity contribution is 7.99. The summed E-state index contributed by atoms with van der Waals surface area (Å²) >= 11 is 1.51. The van der Waals surface area contributed by atoms with Crippen molar-refractivity contribution in [3.05, 3.63) is 59.7 Å². The summed E-state index contributed by atoms with van der Waals surface area (Å²) < 4.78 is 0. The summed E-state index contributed by atoms with van der Waals surface area (Å²) in [6.07, 6.45) is 1.66. The second-order valence-corrected chi connectivity index (χ2v) is 4.56. The maximum atomic E-state index is 10.9. The van der Waals surface area contributed by atoms with Gasteiger partial charge in [0.1, 0.15) is 6.29 Å². The molecule has 0 N–H and O–H groups in total. The molecule has 0 saturated heterocycles. The molecule has 0 aliphatic carbocycles. The standard InChI is InChI=1S/C14H10O2S/c15-9-11-5-7-13(8-6-11)17-14-4-2-1-3-12(14)10-16/h1-10H. The Hall–Kier alpha value is -1.87. The molecule has 0 aliphatic heterocycles. The third-order valence-corrected chi connectivity index (χ3v) is 3.39. The monoisotopic (exact) mass is 242 g/mol. The molecule has 2 rings (SSSR count). The molecule has 3 heteroatoms. The number of hydrogen-bond donors (Lipinski definition) is 0. The molecule has 2 aromatic carbocycles. The molecule has 0 atom stereocenters. The molecule has 0 saturated carbocycles. The molecule has 0 amide bonds. The third kappa shape index (κ3) is 2.82. The van der Waals surface area contributed by atoms with E-state index in [4.69, 9.17) is 0 Å². The summed E-state index contributed by atoms with van der Waals surface area (Å²) in [4.78, 5) is 23.3. The molecular formula is C14H10O2S. The molecule has 0 heterocycles. The van der Waals surface area contributed by atoms with Gasteiger partial charge >= 0.3 is 0 Å². The average Bonchev–Trinajstić information content (AvgIpc) is 2.40. The lowest BCUT2D eigenvalue weighted by Gasteiger charge is -2.04. The van der Waals surface area contributed by atoms with E-state index in [1.54, 1.807) is 18.2 Å². The Kier molecular flexibility index (Phi) is 3.73. The van der Waals surface area contributed by atoms with Gasteiger partial charge in [0.05, 0.1) is 0 Å². The molecule has 0 fully saturated rings. The van der Waals surface area contributed by atoms with Gasteiger partial charge in [0, 0.05) is 20.9 Å². The van der Waals surface area contributed by atoms with Gasteiger partial charge in [-0.1, -0.05) is 42.1 Å². The Morgan fingerprint density at radius 1 is 0.824 bits per heavy atom. The Labute approximate surface area is 104 Å². The number of carbonyl (C=O) groups is 2. The number of aldehydes is 2. The van der Waals surface area contributed by atoms with Crippen LogP contribution in [0.25, 0.3) is 0 Å². The van der Waals surface area contributed by atoms with Crippen LogP contribution < -0.4 is 0 Å². The van der Waals surface area contributed by atoms with E-state index in [0.29, 0.717) is 11.1 Å². The van der Waals surface area contributed by atoms with Crippen LogP contribution in [0.15, 0.2) is 58.3 Å². The van der Waals surface area contributed by atoms with E-state index in [9.17, 15) is 9.59 Å². The Morgan fingerprint density at radius 3 is 2.18 bits per heavy atom. The summed E-state index contributed by atoms with van der Waals surface area (Å²) in [5.41, 5.74) is 1.33. The summed E-state index contributed by atoms with van der Waals surface area (Å²) in [6, 6.07) is 14.7. The molecule has 0 radical (unpaired) electrons. The highest BCUT2D eigenvalue weighted by Gasteiger charge is 2.02. The zero-order chi connectivity index (χ0) is 12.1. The fraction of sp³-hybridized carbons (Fsp3) is 0. The quantitative estimate of drug-likeness (QED) is 0.770. The average molecular weight is 242 g/mol. The van der Waals surface area contributed by atoms with Crippen LogP contribution in [0, 0.1) is 0 Å². The lowest BCUT2D eigenvalue weighted by atomic mass is 10.2. The van der Waals surface area contributed by atoms with Gasteiger partial charge < -0.3 is 0 Å². The van der Waals surface area contributed by atoms with Gasteiger partial charge in [0.15, 0.2) is 6.29 Å². The summed E-state index contributed by atoms with van der Waals surface area (Å²) in [7, 11) is 0. The number of carbonyl (C=O) groups excluding carboxylic acids is 2. The van der Waals surface area contributed by atoms with E-state index in [-0.39, 0.29) is 0 Å². The van der Waals surface area contributed by atoms with Crippen molar-refractivity contribution in [2.24, 2.45) is 0 Å². The zero-order valence-corrected chi connectivity index (χ0v) is 9.81. The maximum absolute atomic E-state index is 10.9. The summed E-state index contributed by atoms with van der Waals surface area (Å²) in [6.45, 7) is 0. The number of benzene rings is 2. The largest absolute Gasteiger partial charge is 0.298 e. The predicted octanol–water partition coefficient (Wildman–Crippen LogP) is 3.46. The Balaban J connectivity index is 2.24. The predicted molar refractivity (Wildman–Crippen MR) is 67.8 cm³/mol. The van der Waals surface area contributed by atoms with Crippen molar-refractivity contribution in [2.75, 3.05) is 0 Å². The van der Waals surface area contributed by atoms with Gasteiger partial charge in [-0.25, -0.2) is 0 Å². The summed E-state index contributed by atoms with van der Waals surface area (Å²) in [5, 5.41) is 0. The number of rotatable bonds is 4. The minimum absolute atomic E-state index is 0.651. The van der Waals surface area contributed by atoms with Crippen LogP contribution >= 0.6 is 11.8 Å². The molecule has 0 unspecified atom stereocenters. The molecule has 2 aromatic rings. The van der Waals surface area contributed by atoms with Gasteiger partial charge in [0.25, 0.3) is 0 Å². The molecule has 0 aromatic heterocycles. The second-order valence-electron chi connectivity index (χ2n) is 3.44. The topological polar surface area (TPSA) is 34.1 Å². The Morgan fingerprint density at radius 2 is 1.53 bits per heavy atom. The van der Waals surface area contributed by atoms with E-state index in [1.807, 2.05) is 30.3 Å². The van der Waals surface area contributed by atoms with E-state index in [2.05, 4.69) is 0 Å². The molecule has 84 valence electrons. The smallest absolute Gasteiger partial charge is 0.151 e. The molecule has 0 bridgehead atoms. The fourth-order valence-corrected chi connectivity index (χ4v) is 2.32. The molecule has 2 nitrogen and oxygen atoms in total. The van der Waals surface area contributed by atoms with Crippen LogP contribution in [-0.2, 0) is 0 Å². The van der Waals surface area contributed by atoms with E-state index in [0.717, 1.165) is 22.4 Å². The normalized spacial score (nSPS) is 9.88. The number of hydrogen-bond acceptors (Lipinski definition) is 3. The summed E-state index contributed by atoms with van der Waals surface area (Å²) in [5.74, 6) is 0. The van der Waals surface area contributed by atoms with Crippen LogP contribution in [0.4, 0.5) is 0 Å². The molecule has 0 spiro atoms. The van der Waals surface area contributed by atoms with Crippen LogP contribution in [0.1, 0.15) is 20.7 Å². The van der Waals surface area contributed by atoms with E-state index < -0.39 is 0 Å². The third-order valence-electron chi connectivity index (χ3n) is 2.29. The van der Waals surface area contributed by atoms with Crippen molar-refractivity contribution in [3.63, 3.8) is 0 Å². The van der Waals surface area contributed by atoms with E-state index >= 15 is 0 Å². The van der Waals surface area contributed by atoms with Gasteiger partial charge in [-0.3, -0.25) is 9.59 Å². The molecule has 0 aliphatic rings. The minimum atomic E-state index is 0.651. The first-order valence-electron chi connectivity index (χ1n) is 5.11. The highest BCUT2D eigenvalue weighted by atomic mass is 32.2. The Bertz CT molecular complexity index is 532. The van der Waals surface area contributed by atoms with Crippen molar-refractivity contribution < 1.29 is 9.59 Å². The van der Waals surface area contributed by atoms with Gasteiger partial charge in [-0.2, -0.15) is 0 Å². The SMILES string of the molecule is O=Cc1ccc(Sc2ccccc2C=O)cc1. The first-order valence-corrected chi connectivity index (χ1v) is 5.92. The van der Waals surface area contributed by atoms with Crippen molar-refractivity contribution in [1.29, 1.82) is 0 Å². The lowest BCUT2D eigenvalue weighted by molar-refractivity contribution is 0.111. The lowest BCUT2D eigenvalue weighted by Crippen LogP contribution is -1.84. The van der Waals surface area contributed by atoms with Crippen LogP contribution in [0.5, 0.6) is 0 Å². The fourth-order valence-electron chi connectivity index (χ4n) is 1.41.